The summed E-state index contributed by atoms with van der Waals surface area (Å²) < 4.78 is 26.7. The Kier molecular flexibility index (Phi) is 4.85. The molecule has 1 nitrogen and oxygen atoms in total. The van der Waals surface area contributed by atoms with Crippen molar-refractivity contribution < 1.29 is 8.78 Å². The zero-order valence-corrected chi connectivity index (χ0v) is 11.8. The lowest BCUT2D eigenvalue weighted by atomic mass is 9.91. The van der Waals surface area contributed by atoms with E-state index in [1.165, 1.54) is 17.7 Å². The molecule has 1 N–H and O–H groups in total. The minimum Gasteiger partial charge on any atom is -0.319 e. The van der Waals surface area contributed by atoms with Crippen LogP contribution in [0.1, 0.15) is 22.6 Å². The van der Waals surface area contributed by atoms with Crippen molar-refractivity contribution in [2.75, 3.05) is 13.6 Å². The van der Waals surface area contributed by atoms with Gasteiger partial charge in [-0.25, -0.2) is 8.78 Å². The maximum atomic E-state index is 13.8. The second kappa shape index (κ2) is 6.62. The van der Waals surface area contributed by atoms with Gasteiger partial charge in [-0.1, -0.05) is 35.9 Å². The Hall–Kier alpha value is -1.74. The fourth-order valence-electron chi connectivity index (χ4n) is 2.35. The molecular weight excluding hydrogens is 256 g/mol. The van der Waals surface area contributed by atoms with Crippen molar-refractivity contribution in [1.82, 2.24) is 5.32 Å². The molecule has 0 spiro atoms. The third-order valence-electron chi connectivity index (χ3n) is 3.48. The molecule has 106 valence electrons. The molecular formula is C17H19F2N. The molecule has 1 unspecified atom stereocenters. The molecule has 0 aliphatic heterocycles. The highest BCUT2D eigenvalue weighted by Crippen LogP contribution is 2.23. The van der Waals surface area contributed by atoms with Gasteiger partial charge in [0.1, 0.15) is 11.6 Å². The lowest BCUT2D eigenvalue weighted by Gasteiger charge is -2.18. The van der Waals surface area contributed by atoms with Crippen molar-refractivity contribution >= 4 is 0 Å². The van der Waals surface area contributed by atoms with E-state index in [0.29, 0.717) is 12.0 Å². The topological polar surface area (TPSA) is 12.0 Å². The average molecular weight is 275 g/mol. The van der Waals surface area contributed by atoms with Crippen LogP contribution in [0.3, 0.4) is 0 Å². The number of nitrogens with one attached hydrogen (secondary N) is 1. The van der Waals surface area contributed by atoms with Crippen molar-refractivity contribution in [1.29, 1.82) is 0 Å². The van der Waals surface area contributed by atoms with Crippen LogP contribution in [-0.2, 0) is 6.42 Å². The molecule has 0 aliphatic rings. The maximum Gasteiger partial charge on any atom is 0.129 e. The summed E-state index contributed by atoms with van der Waals surface area (Å²) in [5.41, 5.74) is 2.91. The number of aryl methyl sites for hydroxylation is 1. The fraction of sp³-hybridized carbons (Fsp3) is 0.294. The molecule has 0 heterocycles. The van der Waals surface area contributed by atoms with Gasteiger partial charge in [-0.05, 0) is 37.6 Å². The first-order valence-electron chi connectivity index (χ1n) is 6.75. The molecule has 0 amide bonds. The number of likely N-dealkylation sites (N-methyl/N-ethyl adjacent to an activating group) is 1. The first-order valence-corrected chi connectivity index (χ1v) is 6.75. The van der Waals surface area contributed by atoms with Crippen LogP contribution in [0, 0.1) is 18.6 Å². The Bertz CT molecular complexity index is 564. The van der Waals surface area contributed by atoms with E-state index in [1.807, 2.05) is 14.0 Å². The Labute approximate surface area is 118 Å². The molecule has 3 heteroatoms. The van der Waals surface area contributed by atoms with E-state index in [4.69, 9.17) is 0 Å². The summed E-state index contributed by atoms with van der Waals surface area (Å²) in [5.74, 6) is -0.842. The molecule has 0 aromatic heterocycles. The van der Waals surface area contributed by atoms with Gasteiger partial charge in [0.2, 0.25) is 0 Å². The summed E-state index contributed by atoms with van der Waals surface area (Å²) in [5, 5.41) is 3.14. The van der Waals surface area contributed by atoms with Crippen molar-refractivity contribution in [3.8, 4) is 0 Å². The van der Waals surface area contributed by atoms with Gasteiger partial charge in [0, 0.05) is 18.5 Å². The summed E-state index contributed by atoms with van der Waals surface area (Å²) >= 11 is 0. The Balaban J connectivity index is 2.22. The summed E-state index contributed by atoms with van der Waals surface area (Å²) in [6, 6.07) is 12.0. The molecule has 0 saturated carbocycles. The number of hydrogen-bond donors (Lipinski definition) is 1. The van der Waals surface area contributed by atoms with Gasteiger partial charge in [-0.15, -0.1) is 0 Å². The van der Waals surface area contributed by atoms with Gasteiger partial charge in [0.05, 0.1) is 0 Å². The van der Waals surface area contributed by atoms with E-state index in [2.05, 4.69) is 29.6 Å². The fourth-order valence-corrected chi connectivity index (χ4v) is 2.35. The summed E-state index contributed by atoms with van der Waals surface area (Å²) in [6.07, 6.45) is 0.552. The quantitative estimate of drug-likeness (QED) is 0.874. The van der Waals surface area contributed by atoms with Gasteiger partial charge in [-0.2, -0.15) is 0 Å². The smallest absolute Gasteiger partial charge is 0.129 e. The molecule has 0 radical (unpaired) electrons. The van der Waals surface area contributed by atoms with Crippen molar-refractivity contribution in [3.63, 3.8) is 0 Å². The van der Waals surface area contributed by atoms with Gasteiger partial charge < -0.3 is 5.32 Å². The van der Waals surface area contributed by atoms with Gasteiger partial charge >= 0.3 is 0 Å². The third-order valence-corrected chi connectivity index (χ3v) is 3.48. The van der Waals surface area contributed by atoms with Gasteiger partial charge in [-0.3, -0.25) is 0 Å². The number of halogens is 2. The Morgan fingerprint density at radius 2 is 1.75 bits per heavy atom. The average Bonchev–Trinajstić information content (AvgIpc) is 2.42. The minimum absolute atomic E-state index is 0.167. The maximum absolute atomic E-state index is 13.8. The highest BCUT2D eigenvalue weighted by atomic mass is 19.1. The van der Waals surface area contributed by atoms with E-state index in [1.54, 1.807) is 0 Å². The molecule has 20 heavy (non-hydrogen) atoms. The van der Waals surface area contributed by atoms with Crippen molar-refractivity contribution in [2.45, 2.75) is 19.3 Å². The van der Waals surface area contributed by atoms with Crippen LogP contribution >= 0.6 is 0 Å². The second-order valence-corrected chi connectivity index (χ2v) is 5.11. The molecule has 1 atom stereocenters. The SMILES string of the molecule is CNCC(Cc1ccc(F)cc1F)c1ccc(C)cc1. The summed E-state index contributed by atoms with van der Waals surface area (Å²) in [6.45, 7) is 2.79. The third kappa shape index (κ3) is 3.64. The molecule has 0 saturated heterocycles. The van der Waals surface area contributed by atoms with E-state index in [9.17, 15) is 8.78 Å². The van der Waals surface area contributed by atoms with Crippen LogP contribution in [-0.4, -0.2) is 13.6 Å². The van der Waals surface area contributed by atoms with E-state index < -0.39 is 11.6 Å². The van der Waals surface area contributed by atoms with Gasteiger partial charge in [0.25, 0.3) is 0 Å². The number of hydrogen-bond acceptors (Lipinski definition) is 1. The van der Waals surface area contributed by atoms with E-state index in [0.717, 1.165) is 18.2 Å². The monoisotopic (exact) mass is 275 g/mol. The number of rotatable bonds is 5. The van der Waals surface area contributed by atoms with Crippen LogP contribution in [0.4, 0.5) is 8.78 Å². The zero-order chi connectivity index (χ0) is 14.5. The molecule has 0 aliphatic carbocycles. The highest BCUT2D eigenvalue weighted by molar-refractivity contribution is 5.28. The first kappa shape index (κ1) is 14.7. The minimum atomic E-state index is -0.535. The molecule has 2 rings (SSSR count). The standard InChI is InChI=1S/C17H19F2N/c1-12-3-5-13(6-4-12)15(11-20-2)9-14-7-8-16(18)10-17(14)19/h3-8,10,15,20H,9,11H2,1-2H3. The molecule has 0 fully saturated rings. The second-order valence-electron chi connectivity index (χ2n) is 5.11. The van der Waals surface area contributed by atoms with Gasteiger partial charge in [0.15, 0.2) is 0 Å². The number of benzene rings is 2. The lowest BCUT2D eigenvalue weighted by Crippen LogP contribution is -2.19. The van der Waals surface area contributed by atoms with Crippen LogP contribution in [0.2, 0.25) is 0 Å². The summed E-state index contributed by atoms with van der Waals surface area (Å²) in [4.78, 5) is 0. The first-order chi connectivity index (χ1) is 9.60. The predicted molar refractivity (Wildman–Crippen MR) is 77.9 cm³/mol. The van der Waals surface area contributed by atoms with Crippen LogP contribution in [0.15, 0.2) is 42.5 Å². The Morgan fingerprint density at radius 3 is 2.35 bits per heavy atom. The summed E-state index contributed by atoms with van der Waals surface area (Å²) in [7, 11) is 1.88. The lowest BCUT2D eigenvalue weighted by molar-refractivity contribution is 0.554. The van der Waals surface area contributed by atoms with Crippen LogP contribution < -0.4 is 5.32 Å². The highest BCUT2D eigenvalue weighted by Gasteiger charge is 2.14. The van der Waals surface area contributed by atoms with Crippen molar-refractivity contribution in [2.24, 2.45) is 0 Å². The van der Waals surface area contributed by atoms with Crippen molar-refractivity contribution in [3.05, 3.63) is 70.8 Å². The molecule has 0 bridgehead atoms. The van der Waals surface area contributed by atoms with E-state index >= 15 is 0 Å². The normalized spacial score (nSPS) is 12.4. The molecule has 2 aromatic carbocycles. The van der Waals surface area contributed by atoms with Crippen LogP contribution in [0.25, 0.3) is 0 Å². The largest absolute Gasteiger partial charge is 0.319 e. The molecule has 2 aromatic rings. The zero-order valence-electron chi connectivity index (χ0n) is 11.8. The van der Waals surface area contributed by atoms with E-state index in [-0.39, 0.29) is 5.92 Å². The Morgan fingerprint density at radius 1 is 1.05 bits per heavy atom. The predicted octanol–water partition coefficient (Wildman–Crippen LogP) is 3.82. The van der Waals surface area contributed by atoms with Crippen LogP contribution in [0.5, 0.6) is 0 Å².